The van der Waals surface area contributed by atoms with Crippen LogP contribution in [0.15, 0.2) is 41.1 Å². The van der Waals surface area contributed by atoms with Gasteiger partial charge >= 0.3 is 0 Å². The van der Waals surface area contributed by atoms with Crippen LogP contribution in [0.1, 0.15) is 0 Å². The first-order chi connectivity index (χ1) is 14.5. The Morgan fingerprint density at radius 2 is 1.57 bits per heavy atom. The van der Waals surface area contributed by atoms with Crippen LogP contribution in [-0.2, 0) is 7.05 Å². The molecule has 30 heavy (non-hydrogen) atoms. The molecule has 2 aromatic carbocycles. The number of halogens is 3. The smallest absolute Gasteiger partial charge is 0.174 e. The van der Waals surface area contributed by atoms with Gasteiger partial charge in [0.25, 0.3) is 0 Å². The molecule has 1 heterocycles. The zero-order valence-electron chi connectivity index (χ0n) is 16.7. The fourth-order valence-electron chi connectivity index (χ4n) is 2.92. The van der Waals surface area contributed by atoms with Gasteiger partial charge in [0.1, 0.15) is 5.75 Å². The van der Waals surface area contributed by atoms with Crippen molar-refractivity contribution in [2.45, 2.75) is 0 Å². The molecule has 0 aliphatic heterocycles. The number of nitrogens with two attached hydrogens (primary N) is 1. The van der Waals surface area contributed by atoms with E-state index in [1.54, 1.807) is 27.7 Å². The maximum Gasteiger partial charge on any atom is 0.174 e. The number of hydrogen-bond acceptors (Lipinski definition) is 7. The monoisotopic (exact) mass is 521 g/mol. The van der Waals surface area contributed by atoms with Crippen molar-refractivity contribution >= 4 is 45.3 Å². The Bertz CT molecular complexity index is 970. The lowest BCUT2D eigenvalue weighted by Gasteiger charge is -2.13. The third-order valence-corrected chi connectivity index (χ3v) is 4.74. The molecule has 0 radical (unpaired) electrons. The van der Waals surface area contributed by atoms with Gasteiger partial charge in [0, 0.05) is 18.2 Å². The maximum absolute atomic E-state index is 6.47. The molecule has 0 fully saturated rings. The molecule has 0 atom stereocenters. The Morgan fingerprint density at radius 1 is 0.933 bits per heavy atom. The van der Waals surface area contributed by atoms with E-state index in [1.165, 1.54) is 0 Å². The van der Waals surface area contributed by atoms with Crippen molar-refractivity contribution in [2.75, 3.05) is 27.1 Å². The molecular weight excluding hydrogens is 501 g/mol. The highest BCUT2D eigenvalue weighted by Crippen LogP contribution is 2.41. The third kappa shape index (κ3) is 5.50. The molecule has 0 aliphatic rings. The summed E-state index contributed by atoms with van der Waals surface area (Å²) in [7, 11) is 6.76. The molecule has 3 aromatic rings. The zero-order chi connectivity index (χ0) is 22.8. The van der Waals surface area contributed by atoms with Crippen LogP contribution in [0.3, 0.4) is 0 Å². The number of rotatable bonds is 5. The first-order valence-electron chi connectivity index (χ1n) is 8.21. The number of aryl methyl sites for hydroxylation is 1. The first kappa shape index (κ1) is 25.9. The van der Waals surface area contributed by atoms with Crippen LogP contribution in [0.4, 0.5) is 5.69 Å². The van der Waals surface area contributed by atoms with E-state index < -0.39 is 0 Å². The van der Waals surface area contributed by atoms with Gasteiger partial charge in [-0.05, 0) is 46.3 Å². The molecule has 8 nitrogen and oxygen atoms in total. The molecule has 0 saturated heterocycles. The number of methoxy groups -OCH3 is 3. The number of imidazole rings is 1. The Kier molecular flexibility index (Phi) is 10.8. The lowest BCUT2D eigenvalue weighted by Crippen LogP contribution is -1.97. The number of nitrogens with zero attached hydrogens (tertiary/aromatic N) is 2. The standard InChI is InChI=1S/C19H20BrN3O3.2ClHO/c1-23-10-22-17(12-7-13(20)19(26-4)16(9-12)25-3)18(23)11-5-6-15(24-2)14(21)8-11;2*1-2/h5-10H,21H2,1-4H3;2*2H. The van der Waals surface area contributed by atoms with Gasteiger partial charge in [0.05, 0.1) is 72.9 Å². The van der Waals surface area contributed by atoms with E-state index in [1.807, 2.05) is 41.9 Å². The molecule has 11 heteroatoms. The summed E-state index contributed by atoms with van der Waals surface area (Å²) in [6.07, 6.45) is 1.77. The molecule has 0 unspecified atom stereocenters. The highest BCUT2D eigenvalue weighted by molar-refractivity contribution is 9.10. The van der Waals surface area contributed by atoms with Gasteiger partial charge in [-0.15, -0.1) is 0 Å². The van der Waals surface area contributed by atoms with Crippen LogP contribution < -0.4 is 19.9 Å². The van der Waals surface area contributed by atoms with E-state index in [9.17, 15) is 0 Å². The average molecular weight is 523 g/mol. The van der Waals surface area contributed by atoms with Crippen molar-refractivity contribution < 1.29 is 23.5 Å². The predicted octanol–water partition coefficient (Wildman–Crippen LogP) is 4.39. The van der Waals surface area contributed by atoms with E-state index in [4.69, 9.17) is 29.3 Å². The summed E-state index contributed by atoms with van der Waals surface area (Å²) < 4.78 is 31.8. The summed E-state index contributed by atoms with van der Waals surface area (Å²) >= 11 is 10.8. The summed E-state index contributed by atoms with van der Waals surface area (Å²) in [5, 5.41) is 0. The first-order valence-corrected chi connectivity index (χ1v) is 9.68. The summed E-state index contributed by atoms with van der Waals surface area (Å²) in [4.78, 5) is 4.58. The van der Waals surface area contributed by atoms with Gasteiger partial charge < -0.3 is 24.5 Å². The van der Waals surface area contributed by atoms with Crippen LogP contribution >= 0.6 is 39.7 Å². The second-order valence-electron chi connectivity index (χ2n) is 5.70. The van der Waals surface area contributed by atoms with E-state index >= 15 is 0 Å². The molecule has 0 aliphatic carbocycles. The normalized spacial score (nSPS) is 9.63. The summed E-state index contributed by atoms with van der Waals surface area (Å²) in [5.74, 6) is 1.91. The molecular formula is C19H22BrCl2N3O5. The maximum atomic E-state index is 6.47. The lowest BCUT2D eigenvalue weighted by atomic mass is 10.0. The fourth-order valence-corrected chi connectivity index (χ4v) is 3.52. The van der Waals surface area contributed by atoms with E-state index in [0.717, 1.165) is 27.0 Å². The minimum Gasteiger partial charge on any atom is -0.495 e. The summed E-state index contributed by atoms with van der Waals surface area (Å²) in [6.45, 7) is 0. The molecule has 0 amide bonds. The molecule has 0 bridgehead atoms. The SMILES string of the molecule is COc1ccc(-c2c(-c3cc(Br)c(OC)c(OC)c3)ncn2C)cc1N.OCl.OCl. The van der Waals surface area contributed by atoms with Crippen LogP contribution in [0.5, 0.6) is 17.2 Å². The number of benzene rings is 2. The minimum atomic E-state index is 0.575. The summed E-state index contributed by atoms with van der Waals surface area (Å²) in [5.41, 5.74) is 10.3. The van der Waals surface area contributed by atoms with Crippen molar-refractivity contribution in [1.29, 1.82) is 0 Å². The second kappa shape index (κ2) is 12.5. The second-order valence-corrected chi connectivity index (χ2v) is 6.56. The van der Waals surface area contributed by atoms with Gasteiger partial charge in [-0.3, -0.25) is 9.32 Å². The van der Waals surface area contributed by atoms with Gasteiger partial charge in [-0.1, -0.05) is 0 Å². The number of nitrogen functional groups attached to an aromatic ring is 1. The van der Waals surface area contributed by atoms with Crippen LogP contribution in [0.2, 0.25) is 0 Å². The minimum absolute atomic E-state index is 0.575. The van der Waals surface area contributed by atoms with Crippen LogP contribution in [-0.4, -0.2) is 40.2 Å². The Balaban J connectivity index is 0.00000106. The number of anilines is 1. The van der Waals surface area contributed by atoms with E-state index in [0.29, 0.717) is 22.9 Å². The fraction of sp³-hybridized carbons (Fsp3) is 0.211. The van der Waals surface area contributed by atoms with Crippen molar-refractivity contribution in [2.24, 2.45) is 7.05 Å². The Morgan fingerprint density at radius 3 is 2.10 bits per heavy atom. The van der Waals surface area contributed by atoms with Crippen molar-refractivity contribution in [3.8, 4) is 39.8 Å². The zero-order valence-corrected chi connectivity index (χ0v) is 19.8. The topological polar surface area (TPSA) is 112 Å². The van der Waals surface area contributed by atoms with Crippen LogP contribution in [0, 0.1) is 0 Å². The third-order valence-electron chi connectivity index (χ3n) is 4.15. The van der Waals surface area contributed by atoms with Crippen LogP contribution in [0.25, 0.3) is 22.5 Å². The molecule has 3 rings (SSSR count). The van der Waals surface area contributed by atoms with E-state index in [2.05, 4.69) is 44.6 Å². The highest BCUT2D eigenvalue weighted by atomic mass is 79.9. The average Bonchev–Trinajstić information content (AvgIpc) is 3.17. The number of hydrogen-bond donors (Lipinski definition) is 3. The molecule has 0 saturated carbocycles. The Hall–Kier alpha value is -2.17. The largest absolute Gasteiger partial charge is 0.495 e. The molecule has 4 N–H and O–H groups in total. The van der Waals surface area contributed by atoms with Gasteiger partial charge in [-0.25, -0.2) is 4.98 Å². The number of aromatic nitrogens is 2. The Labute approximate surface area is 193 Å². The highest BCUT2D eigenvalue weighted by Gasteiger charge is 2.18. The molecule has 0 spiro atoms. The van der Waals surface area contributed by atoms with Gasteiger partial charge in [-0.2, -0.15) is 0 Å². The van der Waals surface area contributed by atoms with E-state index in [-0.39, 0.29) is 0 Å². The van der Waals surface area contributed by atoms with Gasteiger partial charge in [0.2, 0.25) is 0 Å². The lowest BCUT2D eigenvalue weighted by molar-refractivity contribution is 0.353. The summed E-state index contributed by atoms with van der Waals surface area (Å²) in [6, 6.07) is 9.56. The van der Waals surface area contributed by atoms with Gasteiger partial charge in [0.15, 0.2) is 11.5 Å². The van der Waals surface area contributed by atoms with Crippen molar-refractivity contribution in [3.05, 3.63) is 41.1 Å². The quantitative estimate of drug-likeness (QED) is 0.426. The number of ether oxygens (including phenoxy) is 3. The molecule has 1 aromatic heterocycles. The predicted molar refractivity (Wildman–Crippen MR) is 122 cm³/mol. The van der Waals surface area contributed by atoms with Crippen molar-refractivity contribution in [1.82, 2.24) is 9.55 Å². The molecule has 164 valence electrons. The van der Waals surface area contributed by atoms with Crippen molar-refractivity contribution in [3.63, 3.8) is 0 Å².